The van der Waals surface area contributed by atoms with E-state index in [4.69, 9.17) is 4.98 Å². The van der Waals surface area contributed by atoms with Gasteiger partial charge in [-0.05, 0) is 38.0 Å². The van der Waals surface area contributed by atoms with E-state index in [1.165, 1.54) is 9.71 Å². The van der Waals surface area contributed by atoms with Gasteiger partial charge in [-0.15, -0.1) is 11.3 Å². The Labute approximate surface area is 151 Å². The number of aryl methyl sites for hydroxylation is 2. The molecule has 5 nitrogen and oxygen atoms in total. The zero-order chi connectivity index (χ0) is 17.2. The summed E-state index contributed by atoms with van der Waals surface area (Å²) in [6, 6.07) is 10.2. The van der Waals surface area contributed by atoms with Crippen molar-refractivity contribution in [1.82, 2.24) is 19.7 Å². The highest BCUT2D eigenvalue weighted by Crippen LogP contribution is 2.33. The first-order chi connectivity index (χ1) is 12.2. The lowest BCUT2D eigenvalue weighted by Crippen LogP contribution is -2.39. The second kappa shape index (κ2) is 6.96. The van der Waals surface area contributed by atoms with E-state index >= 15 is 0 Å². The van der Waals surface area contributed by atoms with Crippen LogP contribution < -0.4 is 0 Å². The summed E-state index contributed by atoms with van der Waals surface area (Å²) in [6.07, 6.45) is 4.60. The van der Waals surface area contributed by atoms with Crippen molar-refractivity contribution in [1.29, 1.82) is 0 Å². The van der Waals surface area contributed by atoms with Crippen molar-refractivity contribution in [3.8, 4) is 0 Å². The maximum atomic E-state index is 12.6. The molecule has 6 heteroatoms. The summed E-state index contributed by atoms with van der Waals surface area (Å²) in [7, 11) is 0. The first kappa shape index (κ1) is 16.3. The number of likely N-dealkylation sites (tertiary alicyclic amines) is 1. The zero-order valence-corrected chi connectivity index (χ0v) is 15.2. The zero-order valence-electron chi connectivity index (χ0n) is 14.4. The molecule has 1 fully saturated rings. The highest BCUT2D eigenvalue weighted by atomic mass is 32.1. The van der Waals surface area contributed by atoms with Crippen LogP contribution in [0.5, 0.6) is 0 Å². The average molecular weight is 354 g/mol. The number of thiazole rings is 1. The number of fused-ring (bicyclic) bond motifs is 1. The van der Waals surface area contributed by atoms with Crippen molar-refractivity contribution in [3.05, 3.63) is 47.2 Å². The highest BCUT2D eigenvalue weighted by Gasteiger charge is 2.26. The number of piperidine rings is 1. The predicted molar refractivity (Wildman–Crippen MR) is 99.8 cm³/mol. The smallest absolute Gasteiger partial charge is 0.224 e. The lowest BCUT2D eigenvalue weighted by Gasteiger charge is -2.32. The van der Waals surface area contributed by atoms with E-state index in [1.54, 1.807) is 11.3 Å². The maximum absolute atomic E-state index is 12.6. The van der Waals surface area contributed by atoms with Crippen molar-refractivity contribution in [3.63, 3.8) is 0 Å². The predicted octanol–water partition coefficient (Wildman–Crippen LogP) is 3.60. The number of nitrogens with zero attached hydrogens (tertiary/aromatic N) is 4. The quantitative estimate of drug-likeness (QED) is 0.719. The Morgan fingerprint density at radius 1 is 1.32 bits per heavy atom. The first-order valence-electron chi connectivity index (χ1n) is 8.82. The lowest BCUT2D eigenvalue weighted by molar-refractivity contribution is -0.132. The number of benzene rings is 1. The molecule has 3 heterocycles. The van der Waals surface area contributed by atoms with Crippen molar-refractivity contribution in [2.75, 3.05) is 13.1 Å². The van der Waals surface area contributed by atoms with Gasteiger partial charge in [0.15, 0.2) is 0 Å². The maximum Gasteiger partial charge on any atom is 0.224 e. The molecule has 0 bridgehead atoms. The summed E-state index contributed by atoms with van der Waals surface area (Å²) < 4.78 is 3.08. The normalized spacial score (nSPS) is 18.0. The van der Waals surface area contributed by atoms with Crippen LogP contribution in [0.4, 0.5) is 0 Å². The average Bonchev–Trinajstić information content (AvgIpc) is 3.25. The van der Waals surface area contributed by atoms with Gasteiger partial charge in [0.2, 0.25) is 5.91 Å². The molecule has 0 unspecified atom stereocenters. The molecule has 1 atom stereocenters. The molecular formula is C19H22N4OS. The molecule has 1 aliphatic heterocycles. The van der Waals surface area contributed by atoms with E-state index in [0.29, 0.717) is 18.9 Å². The van der Waals surface area contributed by atoms with Crippen LogP contribution in [0.25, 0.3) is 10.2 Å². The minimum Gasteiger partial charge on any atom is -0.342 e. The van der Waals surface area contributed by atoms with Crippen molar-refractivity contribution >= 4 is 27.5 Å². The molecule has 1 aromatic carbocycles. The third-order valence-electron chi connectivity index (χ3n) is 4.76. The number of hydrogen-bond donors (Lipinski definition) is 0. The van der Waals surface area contributed by atoms with Crippen LogP contribution in [0.15, 0.2) is 36.5 Å². The van der Waals surface area contributed by atoms with E-state index in [-0.39, 0.29) is 5.91 Å². The van der Waals surface area contributed by atoms with Crippen molar-refractivity contribution in [2.45, 2.75) is 38.6 Å². The molecule has 25 heavy (non-hydrogen) atoms. The van der Waals surface area contributed by atoms with Gasteiger partial charge in [-0.25, -0.2) is 4.98 Å². The Balaban J connectivity index is 1.40. The number of rotatable bonds is 4. The minimum absolute atomic E-state index is 0.221. The molecule has 3 aromatic rings. The second-order valence-corrected chi connectivity index (χ2v) is 7.73. The van der Waals surface area contributed by atoms with Gasteiger partial charge >= 0.3 is 0 Å². The number of hydrogen-bond acceptors (Lipinski definition) is 4. The van der Waals surface area contributed by atoms with Crippen LogP contribution in [-0.2, 0) is 11.3 Å². The van der Waals surface area contributed by atoms with Gasteiger partial charge in [0.05, 0.1) is 20.9 Å². The fraction of sp³-hybridized carbons (Fsp3) is 0.421. The van der Waals surface area contributed by atoms with Gasteiger partial charge in [0.25, 0.3) is 0 Å². The van der Waals surface area contributed by atoms with Crippen molar-refractivity contribution in [2.24, 2.45) is 0 Å². The van der Waals surface area contributed by atoms with Crippen LogP contribution in [-0.4, -0.2) is 38.7 Å². The number of carbonyl (C=O) groups excluding carboxylic acids is 1. The molecule has 0 spiro atoms. The molecule has 4 rings (SSSR count). The topological polar surface area (TPSA) is 51.0 Å². The molecule has 1 saturated heterocycles. The van der Waals surface area contributed by atoms with E-state index in [9.17, 15) is 4.79 Å². The van der Waals surface area contributed by atoms with E-state index < -0.39 is 0 Å². The fourth-order valence-corrected chi connectivity index (χ4v) is 4.52. The number of amides is 1. The first-order valence-corrected chi connectivity index (χ1v) is 9.64. The van der Waals surface area contributed by atoms with E-state index in [2.05, 4.69) is 23.3 Å². The fourth-order valence-electron chi connectivity index (χ4n) is 3.43. The molecule has 130 valence electrons. The summed E-state index contributed by atoms with van der Waals surface area (Å²) in [4.78, 5) is 19.4. The third-order valence-corrected chi connectivity index (χ3v) is 5.96. The van der Waals surface area contributed by atoms with Gasteiger partial charge in [-0.3, -0.25) is 9.48 Å². The Bertz CT molecular complexity index is 851. The van der Waals surface area contributed by atoms with Crippen LogP contribution in [0.3, 0.4) is 0 Å². The molecule has 0 saturated carbocycles. The van der Waals surface area contributed by atoms with Crippen molar-refractivity contribution < 1.29 is 4.79 Å². The molecule has 0 aliphatic carbocycles. The van der Waals surface area contributed by atoms with Gasteiger partial charge in [0.1, 0.15) is 0 Å². The van der Waals surface area contributed by atoms with Gasteiger partial charge in [0, 0.05) is 38.2 Å². The number of para-hydroxylation sites is 1. The molecule has 0 N–H and O–H groups in total. The molecule has 2 aromatic heterocycles. The molecule has 1 aliphatic rings. The Kier molecular flexibility index (Phi) is 4.53. The van der Waals surface area contributed by atoms with Gasteiger partial charge in [-0.1, -0.05) is 12.1 Å². The monoisotopic (exact) mass is 354 g/mol. The summed E-state index contributed by atoms with van der Waals surface area (Å²) >= 11 is 1.77. The van der Waals surface area contributed by atoms with Crippen LogP contribution in [0.2, 0.25) is 0 Å². The van der Waals surface area contributed by atoms with Crippen LogP contribution in [0.1, 0.15) is 35.9 Å². The largest absolute Gasteiger partial charge is 0.342 e. The summed E-state index contributed by atoms with van der Waals surface area (Å²) in [5.41, 5.74) is 2.06. The molecule has 0 radical (unpaired) electrons. The summed E-state index contributed by atoms with van der Waals surface area (Å²) in [5.74, 6) is 0.584. The van der Waals surface area contributed by atoms with Crippen LogP contribution >= 0.6 is 11.3 Å². The molecular weight excluding hydrogens is 332 g/mol. The Morgan fingerprint density at radius 3 is 3.00 bits per heavy atom. The highest BCUT2D eigenvalue weighted by molar-refractivity contribution is 7.18. The third kappa shape index (κ3) is 3.58. The van der Waals surface area contributed by atoms with Gasteiger partial charge in [-0.2, -0.15) is 5.10 Å². The van der Waals surface area contributed by atoms with E-state index in [0.717, 1.165) is 37.1 Å². The summed E-state index contributed by atoms with van der Waals surface area (Å²) in [6.45, 7) is 4.26. The van der Waals surface area contributed by atoms with Crippen LogP contribution in [0, 0.1) is 6.92 Å². The van der Waals surface area contributed by atoms with Gasteiger partial charge < -0.3 is 4.90 Å². The summed E-state index contributed by atoms with van der Waals surface area (Å²) in [5, 5.41) is 5.52. The minimum atomic E-state index is 0.221. The molecule has 1 amide bonds. The Morgan fingerprint density at radius 2 is 2.20 bits per heavy atom. The van der Waals surface area contributed by atoms with E-state index in [1.807, 2.05) is 34.8 Å². The lowest BCUT2D eigenvalue weighted by atomic mass is 9.98. The standard InChI is InChI=1S/C19H22N4OS/c1-14-8-11-23(21-14)12-9-18(24)22-10-4-5-15(13-22)19-20-16-6-2-3-7-17(16)25-19/h2-3,6-8,11,15H,4-5,9-10,12-13H2,1H3/t15-/m1/s1. The second-order valence-electron chi connectivity index (χ2n) is 6.67. The number of aromatic nitrogens is 3. The Hall–Kier alpha value is -2.21. The SMILES string of the molecule is Cc1ccn(CCC(=O)N2CCC[C@@H](c3nc4ccccc4s3)C2)n1. The number of carbonyl (C=O) groups is 1.